The van der Waals surface area contributed by atoms with E-state index in [1.165, 1.54) is 29.3 Å². The molecule has 2 heterocycles. The molecular formula is C14H10ClN3O3S. The maximum atomic E-state index is 12.4. The van der Waals surface area contributed by atoms with E-state index in [1.54, 1.807) is 0 Å². The number of aromatic carboxylic acids is 1. The van der Waals surface area contributed by atoms with Crippen molar-refractivity contribution in [3.05, 3.63) is 46.1 Å². The van der Waals surface area contributed by atoms with Gasteiger partial charge in [0.2, 0.25) is 0 Å². The van der Waals surface area contributed by atoms with Gasteiger partial charge in [0.15, 0.2) is 5.69 Å². The fourth-order valence-corrected chi connectivity index (χ4v) is 3.53. The monoisotopic (exact) mass is 335 g/mol. The fourth-order valence-electron chi connectivity index (χ4n) is 2.12. The molecule has 0 radical (unpaired) electrons. The van der Waals surface area contributed by atoms with Crippen molar-refractivity contribution in [1.82, 2.24) is 9.78 Å². The van der Waals surface area contributed by atoms with Gasteiger partial charge in [0.1, 0.15) is 4.88 Å². The lowest BCUT2D eigenvalue weighted by Crippen LogP contribution is -2.14. The number of carbonyl (C=O) groups is 2. The summed E-state index contributed by atoms with van der Waals surface area (Å²) in [7, 11) is 1.49. The van der Waals surface area contributed by atoms with Crippen LogP contribution in [-0.2, 0) is 7.05 Å². The number of rotatable bonds is 3. The van der Waals surface area contributed by atoms with Gasteiger partial charge in [-0.1, -0.05) is 29.8 Å². The molecule has 3 aromatic rings. The van der Waals surface area contributed by atoms with Crippen molar-refractivity contribution >= 4 is 50.6 Å². The van der Waals surface area contributed by atoms with Crippen molar-refractivity contribution in [2.45, 2.75) is 0 Å². The van der Waals surface area contributed by atoms with E-state index in [1.807, 2.05) is 24.3 Å². The predicted octanol–water partition coefficient (Wildman–Crippen LogP) is 3.24. The molecule has 8 heteroatoms. The minimum atomic E-state index is -1.17. The molecule has 0 unspecified atom stereocenters. The number of hydrogen-bond acceptors (Lipinski definition) is 4. The van der Waals surface area contributed by atoms with Crippen molar-refractivity contribution in [1.29, 1.82) is 0 Å². The van der Waals surface area contributed by atoms with E-state index in [0.29, 0.717) is 9.90 Å². The number of carbonyl (C=O) groups excluding carboxylic acids is 1. The Balaban J connectivity index is 1.97. The Kier molecular flexibility index (Phi) is 3.59. The fraction of sp³-hybridized carbons (Fsp3) is 0.0714. The lowest BCUT2D eigenvalue weighted by atomic mass is 10.2. The molecule has 0 aliphatic carbocycles. The van der Waals surface area contributed by atoms with E-state index in [9.17, 15) is 9.59 Å². The molecule has 0 fully saturated rings. The molecule has 0 bridgehead atoms. The average Bonchev–Trinajstić information content (AvgIpc) is 3.00. The van der Waals surface area contributed by atoms with Crippen molar-refractivity contribution in [3.63, 3.8) is 0 Å². The Morgan fingerprint density at radius 3 is 2.77 bits per heavy atom. The summed E-state index contributed by atoms with van der Waals surface area (Å²) < 4.78 is 2.08. The zero-order chi connectivity index (χ0) is 15.9. The van der Waals surface area contributed by atoms with Crippen LogP contribution in [-0.4, -0.2) is 26.8 Å². The molecule has 22 heavy (non-hydrogen) atoms. The summed E-state index contributed by atoms with van der Waals surface area (Å²) in [5.41, 5.74) is 0.0408. The maximum absolute atomic E-state index is 12.4. The molecule has 0 aliphatic rings. The summed E-state index contributed by atoms with van der Waals surface area (Å²) in [5.74, 6) is -1.63. The number of halogens is 1. The highest BCUT2D eigenvalue weighted by molar-refractivity contribution is 7.21. The highest BCUT2D eigenvalue weighted by atomic mass is 35.5. The van der Waals surface area contributed by atoms with Gasteiger partial charge >= 0.3 is 5.97 Å². The zero-order valence-electron chi connectivity index (χ0n) is 11.3. The highest BCUT2D eigenvalue weighted by Crippen LogP contribution is 2.35. The Hall–Kier alpha value is -2.38. The number of aromatic nitrogens is 2. The third-order valence-corrected chi connectivity index (χ3v) is 4.80. The van der Waals surface area contributed by atoms with Crippen LogP contribution in [0.25, 0.3) is 10.1 Å². The molecule has 0 aliphatic heterocycles. The number of amides is 1. The summed E-state index contributed by atoms with van der Waals surface area (Å²) >= 11 is 7.49. The number of nitrogens with one attached hydrogen (secondary N) is 1. The molecule has 1 amide bonds. The number of anilines is 1. The normalized spacial score (nSPS) is 10.8. The molecule has 1 aromatic carbocycles. The van der Waals surface area contributed by atoms with Gasteiger partial charge in [0.05, 0.1) is 16.9 Å². The van der Waals surface area contributed by atoms with E-state index >= 15 is 0 Å². The first kappa shape index (κ1) is 14.6. The van der Waals surface area contributed by atoms with Gasteiger partial charge in [0, 0.05) is 17.1 Å². The molecule has 0 atom stereocenters. The average molecular weight is 336 g/mol. The molecule has 2 N–H and O–H groups in total. The molecule has 2 aromatic heterocycles. The van der Waals surface area contributed by atoms with E-state index in [4.69, 9.17) is 16.7 Å². The number of fused-ring (bicyclic) bond motifs is 1. The third kappa shape index (κ3) is 2.34. The van der Waals surface area contributed by atoms with Crippen LogP contribution in [0.2, 0.25) is 5.02 Å². The van der Waals surface area contributed by atoms with Gasteiger partial charge in [-0.15, -0.1) is 11.3 Å². The molecule has 3 rings (SSSR count). The van der Waals surface area contributed by atoms with Gasteiger partial charge < -0.3 is 10.4 Å². The molecule has 0 spiro atoms. The lowest BCUT2D eigenvalue weighted by Gasteiger charge is -2.03. The maximum Gasteiger partial charge on any atom is 0.356 e. The number of carboxylic acids is 1. The summed E-state index contributed by atoms with van der Waals surface area (Å²) in [5, 5.41) is 16.7. The van der Waals surface area contributed by atoms with Crippen LogP contribution in [0.15, 0.2) is 30.5 Å². The SMILES string of the molecule is Cn1ncc(NC(=O)c2sc3ccccc3c2Cl)c1C(=O)O. The van der Waals surface area contributed by atoms with Crippen molar-refractivity contribution in [2.24, 2.45) is 7.05 Å². The number of nitrogens with zero attached hydrogens (tertiary/aromatic N) is 2. The first-order valence-corrected chi connectivity index (χ1v) is 7.42. The van der Waals surface area contributed by atoms with Crippen LogP contribution in [0.3, 0.4) is 0 Å². The molecular weight excluding hydrogens is 326 g/mol. The Morgan fingerprint density at radius 2 is 2.09 bits per heavy atom. The quantitative estimate of drug-likeness (QED) is 0.769. The van der Waals surface area contributed by atoms with Gasteiger partial charge in [-0.05, 0) is 6.07 Å². The zero-order valence-corrected chi connectivity index (χ0v) is 12.9. The number of thiophene rings is 1. The Morgan fingerprint density at radius 1 is 1.36 bits per heavy atom. The van der Waals surface area contributed by atoms with Crippen LogP contribution in [0.4, 0.5) is 5.69 Å². The lowest BCUT2D eigenvalue weighted by molar-refractivity contribution is 0.0686. The predicted molar refractivity (Wildman–Crippen MR) is 85.0 cm³/mol. The highest BCUT2D eigenvalue weighted by Gasteiger charge is 2.21. The molecule has 0 saturated heterocycles. The van der Waals surface area contributed by atoms with Crippen LogP contribution in [0.1, 0.15) is 20.2 Å². The summed E-state index contributed by atoms with van der Waals surface area (Å²) in [4.78, 5) is 23.9. The molecule has 112 valence electrons. The van der Waals surface area contributed by atoms with Crippen LogP contribution in [0.5, 0.6) is 0 Å². The van der Waals surface area contributed by atoms with Gasteiger partial charge in [-0.25, -0.2) is 4.79 Å². The first-order chi connectivity index (χ1) is 10.5. The standard InChI is InChI=1S/C14H10ClN3O3S/c1-18-11(14(20)21)8(6-16-18)17-13(19)12-10(15)7-4-2-3-5-9(7)22-12/h2-6H,1H3,(H,17,19)(H,20,21). The summed E-state index contributed by atoms with van der Waals surface area (Å²) in [6.07, 6.45) is 1.29. The largest absolute Gasteiger partial charge is 0.476 e. The van der Waals surface area contributed by atoms with Crippen LogP contribution >= 0.6 is 22.9 Å². The van der Waals surface area contributed by atoms with E-state index in [-0.39, 0.29) is 11.4 Å². The van der Waals surface area contributed by atoms with Crippen LogP contribution in [0, 0.1) is 0 Å². The molecule has 6 nitrogen and oxygen atoms in total. The van der Waals surface area contributed by atoms with Crippen LogP contribution < -0.4 is 5.32 Å². The van der Waals surface area contributed by atoms with E-state index in [0.717, 1.165) is 10.1 Å². The van der Waals surface area contributed by atoms with Crippen molar-refractivity contribution in [2.75, 3.05) is 5.32 Å². The second-order valence-electron chi connectivity index (χ2n) is 4.53. The number of hydrogen-bond donors (Lipinski definition) is 2. The Labute approximate surface area is 133 Å². The second-order valence-corrected chi connectivity index (χ2v) is 5.96. The first-order valence-electron chi connectivity index (χ1n) is 6.22. The molecule has 0 saturated carbocycles. The van der Waals surface area contributed by atoms with Gasteiger partial charge in [-0.3, -0.25) is 9.48 Å². The smallest absolute Gasteiger partial charge is 0.356 e. The number of carboxylic acid groups (broad SMARTS) is 1. The van der Waals surface area contributed by atoms with E-state index < -0.39 is 11.9 Å². The number of aryl methyl sites for hydroxylation is 1. The summed E-state index contributed by atoms with van der Waals surface area (Å²) in [6.45, 7) is 0. The topological polar surface area (TPSA) is 84.2 Å². The van der Waals surface area contributed by atoms with Gasteiger partial charge in [0.25, 0.3) is 5.91 Å². The second kappa shape index (κ2) is 5.43. The van der Waals surface area contributed by atoms with E-state index in [2.05, 4.69) is 10.4 Å². The minimum absolute atomic E-state index is 0.0921. The summed E-state index contributed by atoms with van der Waals surface area (Å²) in [6, 6.07) is 7.40. The third-order valence-electron chi connectivity index (χ3n) is 3.13. The minimum Gasteiger partial charge on any atom is -0.476 e. The van der Waals surface area contributed by atoms with Crippen molar-refractivity contribution in [3.8, 4) is 0 Å². The number of benzene rings is 1. The Bertz CT molecular complexity index is 900. The van der Waals surface area contributed by atoms with Gasteiger partial charge in [-0.2, -0.15) is 5.10 Å². The van der Waals surface area contributed by atoms with Crippen molar-refractivity contribution < 1.29 is 14.7 Å².